The third-order valence-corrected chi connectivity index (χ3v) is 3.95. The van der Waals surface area contributed by atoms with Crippen LogP contribution in [0.4, 0.5) is 0 Å². The molecular weight excluding hydrogens is 262 g/mol. The van der Waals surface area contributed by atoms with Crippen molar-refractivity contribution in [2.75, 3.05) is 7.05 Å². The summed E-state index contributed by atoms with van der Waals surface area (Å²) in [4.78, 5) is 0. The van der Waals surface area contributed by atoms with Gasteiger partial charge in [0.15, 0.2) is 0 Å². The molecule has 0 saturated carbocycles. The van der Waals surface area contributed by atoms with Crippen molar-refractivity contribution in [1.82, 2.24) is 15.1 Å². The molecule has 0 spiro atoms. The van der Waals surface area contributed by atoms with Gasteiger partial charge in [-0.2, -0.15) is 5.10 Å². The lowest BCUT2D eigenvalue weighted by atomic mass is 10.1. The average Bonchev–Trinajstić information content (AvgIpc) is 3.11. The highest BCUT2D eigenvalue weighted by Gasteiger charge is 2.18. The summed E-state index contributed by atoms with van der Waals surface area (Å²) in [6, 6.07) is 12.6. The Labute approximate surface area is 124 Å². The second kappa shape index (κ2) is 5.74. The Bertz CT molecular complexity index is 741. The molecule has 2 heterocycles. The van der Waals surface area contributed by atoms with Crippen molar-refractivity contribution >= 4 is 10.9 Å². The van der Waals surface area contributed by atoms with Crippen molar-refractivity contribution < 1.29 is 4.42 Å². The maximum absolute atomic E-state index is 5.88. The molecule has 0 aliphatic rings. The van der Waals surface area contributed by atoms with Gasteiger partial charge >= 0.3 is 0 Å². The first-order valence-electron chi connectivity index (χ1n) is 7.39. The molecule has 110 valence electrons. The molecule has 0 radical (unpaired) electrons. The van der Waals surface area contributed by atoms with Crippen LogP contribution in [0.3, 0.4) is 0 Å². The number of likely N-dealkylation sites (N-methyl/N-ethyl adjacent to an activating group) is 1. The predicted octanol–water partition coefficient (Wildman–Crippen LogP) is 3.23. The molecule has 0 saturated heterocycles. The highest BCUT2D eigenvalue weighted by molar-refractivity contribution is 5.81. The first-order chi connectivity index (χ1) is 10.2. The van der Waals surface area contributed by atoms with Crippen LogP contribution < -0.4 is 5.32 Å². The van der Waals surface area contributed by atoms with Crippen molar-refractivity contribution in [3.8, 4) is 0 Å². The molecule has 1 unspecified atom stereocenters. The van der Waals surface area contributed by atoms with Gasteiger partial charge in [0, 0.05) is 25.3 Å². The fourth-order valence-electron chi connectivity index (χ4n) is 2.75. The maximum Gasteiger partial charge on any atom is 0.121 e. The van der Waals surface area contributed by atoms with Crippen molar-refractivity contribution in [3.63, 3.8) is 0 Å². The number of nitrogens with zero attached hydrogens (tertiary/aromatic N) is 2. The van der Waals surface area contributed by atoms with Gasteiger partial charge in [-0.25, -0.2) is 0 Å². The Morgan fingerprint density at radius 3 is 2.76 bits per heavy atom. The second-order valence-electron chi connectivity index (χ2n) is 5.29. The molecule has 21 heavy (non-hydrogen) atoms. The lowest BCUT2D eigenvalue weighted by Crippen LogP contribution is -2.18. The zero-order chi connectivity index (χ0) is 14.8. The van der Waals surface area contributed by atoms with Gasteiger partial charge in [-0.1, -0.05) is 25.1 Å². The summed E-state index contributed by atoms with van der Waals surface area (Å²) in [5, 5.41) is 9.21. The van der Waals surface area contributed by atoms with E-state index in [9.17, 15) is 0 Å². The van der Waals surface area contributed by atoms with Crippen LogP contribution in [-0.4, -0.2) is 16.8 Å². The van der Waals surface area contributed by atoms with Crippen LogP contribution in [-0.2, 0) is 19.9 Å². The van der Waals surface area contributed by atoms with Crippen molar-refractivity contribution in [1.29, 1.82) is 0 Å². The van der Waals surface area contributed by atoms with Crippen LogP contribution in [0.25, 0.3) is 10.9 Å². The number of fused-ring (bicyclic) bond motifs is 1. The smallest absolute Gasteiger partial charge is 0.121 e. The fraction of sp³-hybridized carbons (Fsp3) is 0.353. The van der Waals surface area contributed by atoms with E-state index < -0.39 is 0 Å². The Balaban J connectivity index is 1.92. The first kappa shape index (κ1) is 13.9. The Kier molecular flexibility index (Phi) is 3.80. The third kappa shape index (κ3) is 2.59. The van der Waals surface area contributed by atoms with Crippen LogP contribution >= 0.6 is 0 Å². The van der Waals surface area contributed by atoms with Gasteiger partial charge in [0.05, 0.1) is 17.3 Å². The monoisotopic (exact) mass is 283 g/mol. The van der Waals surface area contributed by atoms with Crippen LogP contribution in [0.15, 0.2) is 40.8 Å². The summed E-state index contributed by atoms with van der Waals surface area (Å²) in [5.74, 6) is 2.00. The molecule has 1 aromatic carbocycles. The fourth-order valence-corrected chi connectivity index (χ4v) is 2.75. The summed E-state index contributed by atoms with van der Waals surface area (Å²) in [7, 11) is 3.95. The van der Waals surface area contributed by atoms with Crippen molar-refractivity contribution in [2.24, 2.45) is 7.05 Å². The lowest BCUT2D eigenvalue weighted by Gasteiger charge is -2.12. The van der Waals surface area contributed by atoms with Crippen LogP contribution in [0, 0.1) is 0 Å². The second-order valence-corrected chi connectivity index (χ2v) is 5.29. The van der Waals surface area contributed by atoms with Crippen LogP contribution in [0.2, 0.25) is 0 Å². The summed E-state index contributed by atoms with van der Waals surface area (Å²) in [5.41, 5.74) is 2.26. The van der Waals surface area contributed by atoms with Crippen LogP contribution in [0.1, 0.15) is 30.2 Å². The number of aromatic nitrogens is 2. The largest absolute Gasteiger partial charge is 0.464 e. The summed E-state index contributed by atoms with van der Waals surface area (Å²) in [6.07, 6.45) is 1.73. The van der Waals surface area contributed by atoms with E-state index in [1.54, 1.807) is 0 Å². The van der Waals surface area contributed by atoms with Gasteiger partial charge in [-0.05, 0) is 25.2 Å². The molecule has 0 fully saturated rings. The molecule has 0 amide bonds. The summed E-state index contributed by atoms with van der Waals surface area (Å²) >= 11 is 0. The van der Waals surface area contributed by atoms with E-state index in [2.05, 4.69) is 47.7 Å². The summed E-state index contributed by atoms with van der Waals surface area (Å²) in [6.45, 7) is 2.10. The van der Waals surface area contributed by atoms with Crippen molar-refractivity contribution in [2.45, 2.75) is 25.8 Å². The van der Waals surface area contributed by atoms with E-state index in [4.69, 9.17) is 4.42 Å². The topological polar surface area (TPSA) is 43.0 Å². The standard InChI is InChI=1S/C17H21N3O/c1-4-12-9-10-17(21-12)15(18-2)11-14-13-7-5-6-8-16(13)20(3)19-14/h5-10,15,18H,4,11H2,1-3H3. The SMILES string of the molecule is CCc1ccc(C(Cc2nn(C)c3ccccc23)NC)o1. The minimum Gasteiger partial charge on any atom is -0.464 e. The van der Waals surface area contributed by atoms with Gasteiger partial charge in [0.1, 0.15) is 11.5 Å². The highest BCUT2D eigenvalue weighted by atomic mass is 16.3. The minimum atomic E-state index is 0.142. The van der Waals surface area contributed by atoms with Crippen LogP contribution in [0.5, 0.6) is 0 Å². The lowest BCUT2D eigenvalue weighted by molar-refractivity contribution is 0.405. The molecule has 2 aromatic heterocycles. The van der Waals surface area contributed by atoms with Gasteiger partial charge in [0.25, 0.3) is 0 Å². The normalized spacial score (nSPS) is 12.9. The van der Waals surface area contributed by atoms with Gasteiger partial charge in [0.2, 0.25) is 0 Å². The molecular formula is C17H21N3O. The first-order valence-corrected chi connectivity index (χ1v) is 7.39. The predicted molar refractivity (Wildman–Crippen MR) is 84.3 cm³/mol. The Morgan fingerprint density at radius 1 is 1.24 bits per heavy atom. The Morgan fingerprint density at radius 2 is 2.05 bits per heavy atom. The van der Waals surface area contributed by atoms with Gasteiger partial charge in [-0.3, -0.25) is 4.68 Å². The number of para-hydroxylation sites is 1. The van der Waals surface area contributed by atoms with E-state index in [0.29, 0.717) is 0 Å². The number of furan rings is 1. The van der Waals surface area contributed by atoms with Gasteiger partial charge < -0.3 is 9.73 Å². The number of rotatable bonds is 5. The maximum atomic E-state index is 5.88. The van der Waals surface area contributed by atoms with Crippen molar-refractivity contribution in [3.05, 3.63) is 53.6 Å². The zero-order valence-corrected chi connectivity index (χ0v) is 12.8. The molecule has 1 atom stereocenters. The molecule has 3 aromatic rings. The van der Waals surface area contributed by atoms with E-state index >= 15 is 0 Å². The number of nitrogens with one attached hydrogen (secondary N) is 1. The quantitative estimate of drug-likeness (QED) is 0.781. The molecule has 3 rings (SSSR count). The molecule has 0 aliphatic carbocycles. The molecule has 4 heteroatoms. The minimum absolute atomic E-state index is 0.142. The zero-order valence-electron chi connectivity index (χ0n) is 12.8. The average molecular weight is 283 g/mol. The number of hydrogen-bond donors (Lipinski definition) is 1. The van der Waals surface area contributed by atoms with E-state index in [1.807, 2.05) is 24.8 Å². The van der Waals surface area contributed by atoms with E-state index in [1.165, 1.54) is 5.39 Å². The summed E-state index contributed by atoms with van der Waals surface area (Å²) < 4.78 is 7.82. The molecule has 0 aliphatic heterocycles. The van der Waals surface area contributed by atoms with E-state index in [-0.39, 0.29) is 6.04 Å². The third-order valence-electron chi connectivity index (χ3n) is 3.95. The Hall–Kier alpha value is -2.07. The molecule has 1 N–H and O–H groups in total. The number of aryl methyl sites for hydroxylation is 2. The van der Waals surface area contributed by atoms with E-state index in [0.717, 1.165) is 35.6 Å². The van der Waals surface area contributed by atoms with Gasteiger partial charge in [-0.15, -0.1) is 0 Å². The molecule has 4 nitrogen and oxygen atoms in total. The number of benzene rings is 1. The number of hydrogen-bond acceptors (Lipinski definition) is 3. The molecule has 0 bridgehead atoms. The highest BCUT2D eigenvalue weighted by Crippen LogP contribution is 2.25.